The average molecular weight is 476 g/mol. The normalized spacial score (nSPS) is 11.6. The van der Waals surface area contributed by atoms with E-state index in [1.807, 2.05) is 32.4 Å². The van der Waals surface area contributed by atoms with E-state index in [-0.39, 0.29) is 28.3 Å². The van der Waals surface area contributed by atoms with Gasteiger partial charge in [0.15, 0.2) is 6.61 Å². The first kappa shape index (κ1) is 26.9. The van der Waals surface area contributed by atoms with E-state index < -0.39 is 34.1 Å². The number of nitro groups is 1. The molecular weight excluding hydrogens is 446 g/mol. The molecule has 174 valence electrons. The molecule has 0 heterocycles. The smallest absolute Gasteiger partial charge is 0.321 e. The van der Waals surface area contributed by atoms with Gasteiger partial charge in [0.05, 0.1) is 14.7 Å². The van der Waals surface area contributed by atoms with Crippen molar-refractivity contribution in [1.82, 2.24) is 9.62 Å². The predicted molar refractivity (Wildman–Crippen MR) is 117 cm³/mol. The summed E-state index contributed by atoms with van der Waals surface area (Å²) in [5.74, 6) is -0.804. The molecule has 0 saturated carbocycles. The molecule has 1 aromatic rings. The third-order valence-corrected chi connectivity index (χ3v) is 6.13. The topological polar surface area (TPSA) is 136 Å². The highest BCUT2D eigenvalue weighted by Crippen LogP contribution is 2.29. The van der Waals surface area contributed by atoms with Gasteiger partial charge in [0, 0.05) is 19.2 Å². The molecule has 0 unspecified atom stereocenters. The van der Waals surface area contributed by atoms with Crippen molar-refractivity contribution in [3.05, 3.63) is 28.3 Å². The molecule has 0 aromatic heterocycles. The van der Waals surface area contributed by atoms with Gasteiger partial charge in [-0.2, -0.15) is 4.72 Å². The molecule has 1 N–H and O–H groups in total. The van der Waals surface area contributed by atoms with E-state index in [0.717, 1.165) is 17.8 Å². The van der Waals surface area contributed by atoms with Crippen LogP contribution in [0, 0.1) is 22.0 Å². The molecule has 0 spiro atoms. The van der Waals surface area contributed by atoms with Gasteiger partial charge in [-0.15, -0.1) is 11.8 Å². The maximum atomic E-state index is 12.4. The van der Waals surface area contributed by atoms with Gasteiger partial charge >= 0.3 is 5.97 Å². The summed E-state index contributed by atoms with van der Waals surface area (Å²) in [6.07, 6.45) is 1.63. The molecule has 1 rings (SSSR count). The van der Waals surface area contributed by atoms with E-state index in [9.17, 15) is 28.1 Å². The van der Waals surface area contributed by atoms with Crippen LogP contribution in [0.15, 0.2) is 28.0 Å². The lowest BCUT2D eigenvalue weighted by Crippen LogP contribution is -2.40. The Labute approximate surface area is 186 Å². The van der Waals surface area contributed by atoms with Crippen molar-refractivity contribution in [3.63, 3.8) is 0 Å². The van der Waals surface area contributed by atoms with Crippen LogP contribution in [-0.2, 0) is 24.3 Å². The fourth-order valence-electron chi connectivity index (χ4n) is 2.66. The summed E-state index contributed by atoms with van der Waals surface area (Å²) in [6.45, 7) is 7.72. The number of amides is 1. The molecule has 31 heavy (non-hydrogen) atoms. The molecule has 0 aliphatic rings. The monoisotopic (exact) mass is 475 g/mol. The Hall–Kier alpha value is -2.18. The summed E-state index contributed by atoms with van der Waals surface area (Å²) in [4.78, 5) is 36.3. The lowest BCUT2D eigenvalue weighted by atomic mass is 10.1. The quantitative estimate of drug-likeness (QED) is 0.210. The van der Waals surface area contributed by atoms with E-state index in [0.29, 0.717) is 18.0 Å². The number of nitrogens with one attached hydrogen (secondary N) is 1. The van der Waals surface area contributed by atoms with E-state index >= 15 is 0 Å². The van der Waals surface area contributed by atoms with Gasteiger partial charge in [-0.25, -0.2) is 8.42 Å². The lowest BCUT2D eigenvalue weighted by Gasteiger charge is -2.26. The van der Waals surface area contributed by atoms with E-state index in [2.05, 4.69) is 0 Å². The molecule has 0 atom stereocenters. The molecule has 1 amide bonds. The van der Waals surface area contributed by atoms with Gasteiger partial charge in [-0.3, -0.25) is 19.7 Å². The van der Waals surface area contributed by atoms with Gasteiger partial charge in [-0.1, -0.05) is 27.7 Å². The number of esters is 1. The summed E-state index contributed by atoms with van der Waals surface area (Å²) in [7, 11) is -4.18. The highest BCUT2D eigenvalue weighted by Gasteiger charge is 2.23. The van der Waals surface area contributed by atoms with E-state index in [4.69, 9.17) is 4.74 Å². The number of nitrogens with zero attached hydrogens (tertiary/aromatic N) is 2. The number of carbonyl (C=O) groups excluding carboxylic acids is 2. The van der Waals surface area contributed by atoms with Crippen molar-refractivity contribution in [2.45, 2.75) is 37.5 Å². The van der Waals surface area contributed by atoms with Crippen LogP contribution in [0.3, 0.4) is 0 Å². The number of sulfonamides is 1. The van der Waals surface area contributed by atoms with Crippen molar-refractivity contribution in [3.8, 4) is 0 Å². The molecule has 0 radical (unpaired) electrons. The van der Waals surface area contributed by atoms with Crippen LogP contribution in [0.25, 0.3) is 0 Å². The lowest BCUT2D eigenvalue weighted by molar-refractivity contribution is -0.388. The maximum Gasteiger partial charge on any atom is 0.321 e. The highest BCUT2D eigenvalue weighted by molar-refractivity contribution is 7.98. The molecule has 0 fully saturated rings. The SMILES string of the molecule is CSc1ccc(S(=O)(=O)NCC(=O)OCC(=O)N(CC(C)C)CC(C)C)cc1[N+](=O)[O-]. The van der Waals surface area contributed by atoms with E-state index in [1.165, 1.54) is 12.1 Å². The van der Waals surface area contributed by atoms with Gasteiger partial charge in [0.25, 0.3) is 11.6 Å². The van der Waals surface area contributed by atoms with Crippen LogP contribution < -0.4 is 4.72 Å². The fraction of sp³-hybridized carbons (Fsp3) is 0.579. The number of hydrogen-bond acceptors (Lipinski definition) is 8. The number of rotatable bonds is 12. The molecule has 0 aliphatic carbocycles. The number of hydrogen-bond donors (Lipinski definition) is 1. The van der Waals surface area contributed by atoms with Crippen molar-refractivity contribution in [2.24, 2.45) is 11.8 Å². The van der Waals surface area contributed by atoms with Crippen molar-refractivity contribution >= 4 is 39.3 Å². The van der Waals surface area contributed by atoms with Gasteiger partial charge in [-0.05, 0) is 30.2 Å². The third-order valence-electron chi connectivity index (χ3n) is 3.94. The molecule has 1 aromatic carbocycles. The van der Waals surface area contributed by atoms with Crippen molar-refractivity contribution < 1.29 is 27.7 Å². The zero-order valence-electron chi connectivity index (χ0n) is 18.3. The molecular formula is C19H29N3O7S2. The second-order valence-electron chi connectivity index (χ2n) is 7.66. The Morgan fingerprint density at radius 2 is 1.77 bits per heavy atom. The molecule has 0 saturated heterocycles. The number of benzene rings is 1. The first-order chi connectivity index (χ1) is 14.4. The fourth-order valence-corrected chi connectivity index (χ4v) is 4.20. The van der Waals surface area contributed by atoms with E-state index in [1.54, 1.807) is 11.2 Å². The first-order valence-corrected chi connectivity index (χ1v) is 12.3. The Bertz CT molecular complexity index is 892. The minimum atomic E-state index is -4.18. The molecule has 0 bridgehead atoms. The number of nitro benzene ring substituents is 1. The minimum Gasteiger partial charge on any atom is -0.455 e. The number of carbonyl (C=O) groups is 2. The second-order valence-corrected chi connectivity index (χ2v) is 10.3. The Kier molecular flexibility index (Phi) is 10.4. The average Bonchev–Trinajstić information content (AvgIpc) is 2.68. The van der Waals surface area contributed by atoms with Gasteiger partial charge in [0.1, 0.15) is 6.54 Å². The zero-order chi connectivity index (χ0) is 23.8. The third kappa shape index (κ3) is 8.83. The van der Waals surface area contributed by atoms with Crippen LogP contribution in [0.1, 0.15) is 27.7 Å². The minimum absolute atomic E-state index is 0.242. The van der Waals surface area contributed by atoms with Gasteiger partial charge in [0.2, 0.25) is 10.0 Å². The Balaban J connectivity index is 2.72. The largest absolute Gasteiger partial charge is 0.455 e. The van der Waals surface area contributed by atoms with Crippen LogP contribution in [0.5, 0.6) is 0 Å². The van der Waals surface area contributed by atoms with Crippen LogP contribution in [-0.4, -0.2) is 62.6 Å². The summed E-state index contributed by atoms with van der Waals surface area (Å²) < 4.78 is 31.7. The maximum absolute atomic E-state index is 12.4. The summed E-state index contributed by atoms with van der Waals surface area (Å²) in [5, 5.41) is 11.1. The number of ether oxygens (including phenoxy) is 1. The standard InChI is InChI=1S/C19H29N3O7S2/c1-13(2)10-21(11-14(3)4)18(23)12-29-19(24)9-20-31(27,28)15-6-7-17(30-5)16(8-15)22(25)26/h6-8,13-14,20H,9-12H2,1-5H3. The molecule has 10 nitrogen and oxygen atoms in total. The molecule has 12 heteroatoms. The first-order valence-electron chi connectivity index (χ1n) is 9.62. The van der Waals surface area contributed by atoms with Crippen LogP contribution >= 0.6 is 11.8 Å². The van der Waals surface area contributed by atoms with Crippen molar-refractivity contribution in [1.29, 1.82) is 0 Å². The highest BCUT2D eigenvalue weighted by atomic mass is 32.2. The number of thioether (sulfide) groups is 1. The summed E-state index contributed by atoms with van der Waals surface area (Å²) in [6, 6.07) is 3.47. The second kappa shape index (κ2) is 12.0. The van der Waals surface area contributed by atoms with Crippen LogP contribution in [0.2, 0.25) is 0 Å². The Morgan fingerprint density at radius 3 is 2.26 bits per heavy atom. The summed E-state index contributed by atoms with van der Waals surface area (Å²) in [5.41, 5.74) is -0.348. The predicted octanol–water partition coefficient (Wildman–Crippen LogP) is 2.28. The zero-order valence-corrected chi connectivity index (χ0v) is 19.9. The van der Waals surface area contributed by atoms with Crippen LogP contribution in [0.4, 0.5) is 5.69 Å². The molecule has 0 aliphatic heterocycles. The van der Waals surface area contributed by atoms with Crippen molar-refractivity contribution in [2.75, 3.05) is 32.5 Å². The van der Waals surface area contributed by atoms with Gasteiger partial charge < -0.3 is 9.64 Å². The Morgan fingerprint density at radius 1 is 1.19 bits per heavy atom. The summed E-state index contributed by atoms with van der Waals surface area (Å²) >= 11 is 1.11.